The van der Waals surface area contributed by atoms with Gasteiger partial charge in [0.25, 0.3) is 0 Å². The van der Waals surface area contributed by atoms with Gasteiger partial charge in [-0.15, -0.1) is 0 Å². The topological polar surface area (TPSA) is 44.8 Å². The van der Waals surface area contributed by atoms with E-state index in [9.17, 15) is 4.79 Å². The third kappa shape index (κ3) is 5.38. The Hall–Kier alpha value is -0.650. The predicted molar refractivity (Wildman–Crippen MR) is 81.9 cm³/mol. The Balaban J connectivity index is 2.43. The molecule has 1 fully saturated rings. The van der Waals surface area contributed by atoms with Crippen molar-refractivity contribution in [1.82, 2.24) is 15.1 Å². The second kappa shape index (κ2) is 8.60. The van der Waals surface area contributed by atoms with E-state index < -0.39 is 5.54 Å². The van der Waals surface area contributed by atoms with Crippen molar-refractivity contribution in [2.75, 3.05) is 53.4 Å². The first-order valence-electron chi connectivity index (χ1n) is 7.76. The summed E-state index contributed by atoms with van der Waals surface area (Å²) in [7, 11) is 3.53. The number of carbonyl (C=O) groups excluding carboxylic acids is 1. The zero-order chi connectivity index (χ0) is 15.0. The van der Waals surface area contributed by atoms with E-state index in [2.05, 4.69) is 29.1 Å². The smallest absolute Gasteiger partial charge is 0.327 e. The van der Waals surface area contributed by atoms with Crippen molar-refractivity contribution in [2.24, 2.45) is 0 Å². The first-order valence-corrected chi connectivity index (χ1v) is 7.76. The van der Waals surface area contributed by atoms with Crippen LogP contribution in [0.15, 0.2) is 0 Å². The van der Waals surface area contributed by atoms with Crippen LogP contribution >= 0.6 is 0 Å². The fraction of sp³-hybridized carbons (Fsp3) is 0.933. The van der Waals surface area contributed by atoms with Gasteiger partial charge in [0, 0.05) is 19.6 Å². The van der Waals surface area contributed by atoms with E-state index in [1.807, 2.05) is 6.92 Å². The molecule has 118 valence electrons. The molecule has 0 aromatic heterocycles. The molecule has 20 heavy (non-hydrogen) atoms. The number of carbonyl (C=O) groups is 1. The Morgan fingerprint density at radius 3 is 2.60 bits per heavy atom. The number of hydrogen-bond acceptors (Lipinski definition) is 5. The minimum Gasteiger partial charge on any atom is -0.468 e. The lowest BCUT2D eigenvalue weighted by Gasteiger charge is -2.33. The van der Waals surface area contributed by atoms with Crippen LogP contribution in [0.5, 0.6) is 0 Å². The lowest BCUT2D eigenvalue weighted by Crippen LogP contribution is -2.57. The predicted octanol–water partition coefficient (Wildman–Crippen LogP) is 0.945. The fourth-order valence-corrected chi connectivity index (χ4v) is 2.76. The molecule has 0 aromatic carbocycles. The molecule has 0 amide bonds. The van der Waals surface area contributed by atoms with Gasteiger partial charge in [-0.1, -0.05) is 6.92 Å². The number of likely N-dealkylation sites (tertiary alicyclic amines) is 1. The zero-order valence-corrected chi connectivity index (χ0v) is 13.6. The fourth-order valence-electron chi connectivity index (χ4n) is 2.76. The molecular formula is C15H31N3O2. The van der Waals surface area contributed by atoms with Gasteiger partial charge in [0.2, 0.25) is 0 Å². The molecule has 0 saturated carbocycles. The number of nitrogens with zero attached hydrogens (tertiary/aromatic N) is 2. The van der Waals surface area contributed by atoms with E-state index in [0.717, 1.165) is 26.1 Å². The molecule has 1 atom stereocenters. The maximum Gasteiger partial charge on any atom is 0.327 e. The minimum absolute atomic E-state index is 0.182. The summed E-state index contributed by atoms with van der Waals surface area (Å²) < 4.78 is 4.95. The van der Waals surface area contributed by atoms with Crippen molar-refractivity contribution in [1.29, 1.82) is 0 Å². The molecule has 0 spiro atoms. The Morgan fingerprint density at radius 2 is 2.05 bits per heavy atom. The second-order valence-electron chi connectivity index (χ2n) is 6.04. The van der Waals surface area contributed by atoms with E-state index in [0.29, 0.717) is 6.54 Å². The highest BCUT2D eigenvalue weighted by atomic mass is 16.5. The van der Waals surface area contributed by atoms with Crippen LogP contribution in [0.2, 0.25) is 0 Å². The van der Waals surface area contributed by atoms with Crippen LogP contribution in [-0.4, -0.2) is 74.7 Å². The largest absolute Gasteiger partial charge is 0.468 e. The van der Waals surface area contributed by atoms with Gasteiger partial charge in [-0.25, -0.2) is 0 Å². The third-order valence-electron chi connectivity index (χ3n) is 3.98. The molecule has 0 radical (unpaired) electrons. The highest BCUT2D eigenvalue weighted by molar-refractivity contribution is 5.80. The number of esters is 1. The lowest BCUT2D eigenvalue weighted by molar-refractivity contribution is -0.148. The van der Waals surface area contributed by atoms with Crippen LogP contribution in [0, 0.1) is 0 Å². The third-order valence-corrected chi connectivity index (χ3v) is 3.98. The summed E-state index contributed by atoms with van der Waals surface area (Å²) in [5, 5.41) is 3.33. The van der Waals surface area contributed by atoms with Crippen LogP contribution in [0.3, 0.4) is 0 Å². The summed E-state index contributed by atoms with van der Waals surface area (Å²) in [6.07, 6.45) is 3.65. The summed E-state index contributed by atoms with van der Waals surface area (Å²) in [4.78, 5) is 16.7. The van der Waals surface area contributed by atoms with Gasteiger partial charge in [-0.2, -0.15) is 0 Å². The summed E-state index contributed by atoms with van der Waals surface area (Å²) in [5.41, 5.74) is -0.621. The molecule has 0 aliphatic carbocycles. The van der Waals surface area contributed by atoms with E-state index in [4.69, 9.17) is 4.74 Å². The molecule has 1 heterocycles. The minimum atomic E-state index is -0.621. The number of nitrogens with one attached hydrogen (secondary N) is 1. The average molecular weight is 285 g/mol. The summed E-state index contributed by atoms with van der Waals surface area (Å²) in [6, 6.07) is 0. The van der Waals surface area contributed by atoms with Crippen molar-refractivity contribution in [3.8, 4) is 0 Å². The quantitative estimate of drug-likeness (QED) is 0.639. The highest BCUT2D eigenvalue weighted by Gasteiger charge is 2.34. The molecule has 0 aromatic rings. The maximum absolute atomic E-state index is 12.0. The van der Waals surface area contributed by atoms with Gasteiger partial charge in [0.1, 0.15) is 5.54 Å². The SMILES string of the molecule is CCCNC(C)(CN(C)CCN1CCCC1)C(=O)OC. The highest BCUT2D eigenvalue weighted by Crippen LogP contribution is 2.10. The van der Waals surface area contributed by atoms with Gasteiger partial charge < -0.3 is 19.9 Å². The molecule has 1 unspecified atom stereocenters. The number of hydrogen-bond donors (Lipinski definition) is 1. The van der Waals surface area contributed by atoms with E-state index in [1.165, 1.54) is 33.0 Å². The van der Waals surface area contributed by atoms with Gasteiger partial charge >= 0.3 is 5.97 Å². The van der Waals surface area contributed by atoms with E-state index in [-0.39, 0.29) is 5.97 Å². The van der Waals surface area contributed by atoms with Gasteiger partial charge in [-0.3, -0.25) is 4.79 Å². The Kier molecular flexibility index (Phi) is 7.48. The molecule has 5 heteroatoms. The van der Waals surface area contributed by atoms with Crippen molar-refractivity contribution in [2.45, 2.75) is 38.6 Å². The molecular weight excluding hydrogens is 254 g/mol. The lowest BCUT2D eigenvalue weighted by atomic mass is 10.0. The average Bonchev–Trinajstić information content (AvgIpc) is 2.95. The Labute approximate surface area is 123 Å². The van der Waals surface area contributed by atoms with Gasteiger partial charge in [-0.05, 0) is 52.9 Å². The second-order valence-corrected chi connectivity index (χ2v) is 6.04. The molecule has 1 rings (SSSR count). The van der Waals surface area contributed by atoms with Crippen LogP contribution in [0.4, 0.5) is 0 Å². The first kappa shape index (κ1) is 17.4. The monoisotopic (exact) mass is 285 g/mol. The molecule has 5 nitrogen and oxygen atoms in total. The van der Waals surface area contributed by atoms with Crippen molar-refractivity contribution < 1.29 is 9.53 Å². The standard InChI is InChI=1S/C15H31N3O2/c1-5-8-16-15(2,14(19)20-4)13-17(3)11-12-18-9-6-7-10-18/h16H,5-13H2,1-4H3. The molecule has 1 saturated heterocycles. The van der Waals surface area contributed by atoms with Crippen LogP contribution < -0.4 is 5.32 Å². The van der Waals surface area contributed by atoms with Gasteiger partial charge in [0.05, 0.1) is 7.11 Å². The summed E-state index contributed by atoms with van der Waals surface area (Å²) in [6.45, 7) is 10.0. The van der Waals surface area contributed by atoms with Crippen LogP contribution in [0.1, 0.15) is 33.1 Å². The molecule has 0 bridgehead atoms. The number of likely N-dealkylation sites (N-methyl/N-ethyl adjacent to an activating group) is 1. The van der Waals surface area contributed by atoms with Crippen LogP contribution in [-0.2, 0) is 9.53 Å². The number of rotatable bonds is 9. The normalized spacial score (nSPS) is 19.2. The number of ether oxygens (including phenoxy) is 1. The Bertz CT molecular complexity index is 293. The molecule has 1 aliphatic heterocycles. The van der Waals surface area contributed by atoms with Crippen molar-refractivity contribution in [3.63, 3.8) is 0 Å². The molecule has 1 N–H and O–H groups in total. The van der Waals surface area contributed by atoms with Crippen molar-refractivity contribution in [3.05, 3.63) is 0 Å². The van der Waals surface area contributed by atoms with E-state index in [1.54, 1.807) is 0 Å². The summed E-state index contributed by atoms with van der Waals surface area (Å²) >= 11 is 0. The van der Waals surface area contributed by atoms with Crippen molar-refractivity contribution >= 4 is 5.97 Å². The first-order chi connectivity index (χ1) is 9.51. The molecule has 1 aliphatic rings. The zero-order valence-electron chi connectivity index (χ0n) is 13.6. The maximum atomic E-state index is 12.0. The van der Waals surface area contributed by atoms with Crippen LogP contribution in [0.25, 0.3) is 0 Å². The summed E-state index contributed by atoms with van der Waals surface area (Å²) in [5.74, 6) is -0.182. The van der Waals surface area contributed by atoms with E-state index >= 15 is 0 Å². The van der Waals surface area contributed by atoms with Gasteiger partial charge in [0.15, 0.2) is 0 Å². The number of methoxy groups -OCH3 is 1. The Morgan fingerprint density at radius 1 is 1.40 bits per heavy atom.